The number of hydrogen-bond donors (Lipinski definition) is 0. The molecular weight excluding hydrogens is 204 g/mol. The van der Waals surface area contributed by atoms with Crippen LogP contribution < -0.4 is 0 Å². The third-order valence-corrected chi connectivity index (χ3v) is 3.23. The standard InChI is InChI=1S/C17H14/c1-2-15-16-9-5-3-7-13(16)11-12-14-8-4-6-10-17(14)15/h2-12H,1H3. The molecule has 0 nitrogen and oxygen atoms in total. The van der Waals surface area contributed by atoms with E-state index in [4.69, 9.17) is 0 Å². The van der Waals surface area contributed by atoms with Gasteiger partial charge in [0, 0.05) is 0 Å². The molecule has 0 aliphatic heterocycles. The minimum Gasteiger partial charge on any atom is -0.0791 e. The van der Waals surface area contributed by atoms with Gasteiger partial charge in [0.25, 0.3) is 0 Å². The molecule has 0 radical (unpaired) electrons. The fraction of sp³-hybridized carbons (Fsp3) is 0.0588. The molecule has 2 aromatic rings. The molecule has 0 unspecified atom stereocenters. The number of hydrogen-bond acceptors (Lipinski definition) is 0. The van der Waals surface area contributed by atoms with Crippen LogP contribution in [0.3, 0.4) is 0 Å². The summed E-state index contributed by atoms with van der Waals surface area (Å²) in [6.07, 6.45) is 6.60. The maximum atomic E-state index is 2.20. The third-order valence-electron chi connectivity index (χ3n) is 3.23. The molecule has 0 N–H and O–H groups in total. The second kappa shape index (κ2) is 4.06. The zero-order chi connectivity index (χ0) is 11.7. The van der Waals surface area contributed by atoms with Crippen molar-refractivity contribution < 1.29 is 0 Å². The molecule has 0 bridgehead atoms. The van der Waals surface area contributed by atoms with E-state index in [1.54, 1.807) is 0 Å². The summed E-state index contributed by atoms with van der Waals surface area (Å²) >= 11 is 0. The monoisotopic (exact) mass is 218 g/mol. The first kappa shape index (κ1) is 10.1. The zero-order valence-electron chi connectivity index (χ0n) is 9.85. The van der Waals surface area contributed by atoms with E-state index in [1.807, 2.05) is 0 Å². The van der Waals surface area contributed by atoms with Crippen LogP contribution in [-0.2, 0) is 0 Å². The summed E-state index contributed by atoms with van der Waals surface area (Å²) in [5, 5.41) is 0. The van der Waals surface area contributed by atoms with Gasteiger partial charge in [-0.3, -0.25) is 0 Å². The summed E-state index contributed by atoms with van der Waals surface area (Å²) in [7, 11) is 0. The lowest BCUT2D eigenvalue weighted by Gasteiger charge is -2.10. The van der Waals surface area contributed by atoms with Crippen molar-refractivity contribution >= 4 is 17.7 Å². The van der Waals surface area contributed by atoms with Crippen LogP contribution >= 0.6 is 0 Å². The van der Waals surface area contributed by atoms with Gasteiger partial charge in [0.2, 0.25) is 0 Å². The number of allylic oxidation sites excluding steroid dienone is 1. The van der Waals surface area contributed by atoms with Crippen LogP contribution in [0.4, 0.5) is 0 Å². The molecule has 17 heavy (non-hydrogen) atoms. The lowest BCUT2D eigenvalue weighted by molar-refractivity contribution is 1.51. The normalized spacial score (nSPS) is 12.6. The Morgan fingerprint density at radius 3 is 1.65 bits per heavy atom. The molecule has 0 heteroatoms. The smallest absolute Gasteiger partial charge is 0.0109 e. The molecule has 82 valence electrons. The molecule has 0 saturated heterocycles. The Bertz CT molecular complexity index is 564. The van der Waals surface area contributed by atoms with Crippen molar-refractivity contribution in [2.45, 2.75) is 6.92 Å². The van der Waals surface area contributed by atoms with Gasteiger partial charge < -0.3 is 0 Å². The van der Waals surface area contributed by atoms with Crippen molar-refractivity contribution in [2.75, 3.05) is 0 Å². The van der Waals surface area contributed by atoms with Gasteiger partial charge >= 0.3 is 0 Å². The molecule has 0 aromatic heterocycles. The lowest BCUT2D eigenvalue weighted by Crippen LogP contribution is -1.90. The maximum Gasteiger partial charge on any atom is -0.0109 e. The average Bonchev–Trinajstić information content (AvgIpc) is 2.55. The van der Waals surface area contributed by atoms with E-state index in [0.717, 1.165) is 0 Å². The van der Waals surface area contributed by atoms with Crippen LogP contribution in [-0.4, -0.2) is 0 Å². The Kier molecular flexibility index (Phi) is 2.41. The fourth-order valence-electron chi connectivity index (χ4n) is 2.41. The minimum absolute atomic E-state index is 1.29. The van der Waals surface area contributed by atoms with Crippen molar-refractivity contribution in [2.24, 2.45) is 0 Å². The quantitative estimate of drug-likeness (QED) is 0.516. The Morgan fingerprint density at radius 2 is 1.18 bits per heavy atom. The topological polar surface area (TPSA) is 0 Å². The largest absolute Gasteiger partial charge is 0.0791 e. The van der Waals surface area contributed by atoms with Gasteiger partial charge in [-0.1, -0.05) is 66.8 Å². The highest BCUT2D eigenvalue weighted by Crippen LogP contribution is 2.33. The molecule has 0 fully saturated rings. The highest BCUT2D eigenvalue weighted by atomic mass is 14.2. The zero-order valence-corrected chi connectivity index (χ0v) is 9.85. The summed E-state index contributed by atoms with van der Waals surface area (Å²) in [6, 6.07) is 17.1. The molecule has 0 atom stereocenters. The SMILES string of the molecule is CC=C1c2ccccc2C=Cc2ccccc21. The molecule has 1 aliphatic rings. The molecule has 1 aliphatic carbocycles. The Balaban J connectivity index is 2.34. The summed E-state index contributed by atoms with van der Waals surface area (Å²) in [6.45, 7) is 2.11. The van der Waals surface area contributed by atoms with Crippen molar-refractivity contribution in [3.63, 3.8) is 0 Å². The van der Waals surface area contributed by atoms with E-state index in [9.17, 15) is 0 Å². The summed E-state index contributed by atoms with van der Waals surface area (Å²) in [4.78, 5) is 0. The Hall–Kier alpha value is -2.08. The van der Waals surface area contributed by atoms with Crippen LogP contribution in [0.15, 0.2) is 54.6 Å². The van der Waals surface area contributed by atoms with Gasteiger partial charge in [-0.15, -0.1) is 0 Å². The molecule has 0 heterocycles. The first-order valence-corrected chi connectivity index (χ1v) is 5.93. The van der Waals surface area contributed by atoms with Crippen molar-refractivity contribution in [1.29, 1.82) is 0 Å². The van der Waals surface area contributed by atoms with Gasteiger partial charge in [-0.05, 0) is 34.8 Å². The van der Waals surface area contributed by atoms with E-state index >= 15 is 0 Å². The average molecular weight is 218 g/mol. The Labute approximate surface area is 102 Å². The van der Waals surface area contributed by atoms with E-state index in [1.165, 1.54) is 27.8 Å². The summed E-state index contributed by atoms with van der Waals surface area (Å²) in [5.41, 5.74) is 6.53. The van der Waals surface area contributed by atoms with E-state index in [0.29, 0.717) is 0 Å². The van der Waals surface area contributed by atoms with Crippen molar-refractivity contribution in [1.82, 2.24) is 0 Å². The number of benzene rings is 2. The van der Waals surface area contributed by atoms with E-state index in [2.05, 4.69) is 73.7 Å². The third kappa shape index (κ3) is 1.62. The maximum absolute atomic E-state index is 2.20. The predicted octanol–water partition coefficient (Wildman–Crippen LogP) is 4.62. The van der Waals surface area contributed by atoms with Crippen LogP contribution in [0, 0.1) is 0 Å². The van der Waals surface area contributed by atoms with Gasteiger partial charge in [0.1, 0.15) is 0 Å². The van der Waals surface area contributed by atoms with Crippen molar-refractivity contribution in [3.05, 3.63) is 76.9 Å². The Morgan fingerprint density at radius 1 is 0.706 bits per heavy atom. The van der Waals surface area contributed by atoms with E-state index < -0.39 is 0 Å². The van der Waals surface area contributed by atoms with Gasteiger partial charge in [-0.25, -0.2) is 0 Å². The van der Waals surface area contributed by atoms with Crippen LogP contribution in [0.5, 0.6) is 0 Å². The molecular formula is C17H14. The highest BCUT2D eigenvalue weighted by Gasteiger charge is 2.12. The first-order chi connectivity index (χ1) is 8.40. The fourth-order valence-corrected chi connectivity index (χ4v) is 2.41. The second-order valence-electron chi connectivity index (χ2n) is 4.21. The number of fused-ring (bicyclic) bond motifs is 2. The number of rotatable bonds is 0. The van der Waals surface area contributed by atoms with Gasteiger partial charge in [0.15, 0.2) is 0 Å². The highest BCUT2D eigenvalue weighted by molar-refractivity contribution is 5.93. The molecule has 0 amide bonds. The molecule has 0 saturated carbocycles. The van der Waals surface area contributed by atoms with Crippen LogP contribution in [0.1, 0.15) is 29.2 Å². The van der Waals surface area contributed by atoms with Gasteiger partial charge in [0.05, 0.1) is 0 Å². The molecule has 3 rings (SSSR count). The first-order valence-electron chi connectivity index (χ1n) is 5.93. The molecule has 2 aromatic carbocycles. The van der Waals surface area contributed by atoms with Crippen LogP contribution in [0.2, 0.25) is 0 Å². The minimum atomic E-state index is 1.29. The predicted molar refractivity (Wildman–Crippen MR) is 74.6 cm³/mol. The molecule has 0 spiro atoms. The second-order valence-corrected chi connectivity index (χ2v) is 4.21. The summed E-state index contributed by atoms with van der Waals surface area (Å²) in [5.74, 6) is 0. The van der Waals surface area contributed by atoms with Crippen LogP contribution in [0.25, 0.3) is 17.7 Å². The van der Waals surface area contributed by atoms with E-state index in [-0.39, 0.29) is 0 Å². The lowest BCUT2D eigenvalue weighted by atomic mass is 9.93. The van der Waals surface area contributed by atoms with Gasteiger partial charge in [-0.2, -0.15) is 0 Å². The van der Waals surface area contributed by atoms with Crippen molar-refractivity contribution in [3.8, 4) is 0 Å². The summed E-state index contributed by atoms with van der Waals surface area (Å²) < 4.78 is 0.